The summed E-state index contributed by atoms with van der Waals surface area (Å²) in [5, 5.41) is 23.6. The van der Waals surface area contributed by atoms with Crippen LogP contribution in [0.25, 0.3) is 11.0 Å². The summed E-state index contributed by atoms with van der Waals surface area (Å²) in [5.41, 5.74) is 0.611. The first-order chi connectivity index (χ1) is 20.9. The van der Waals surface area contributed by atoms with Crippen LogP contribution >= 0.6 is 0 Å². The van der Waals surface area contributed by atoms with Crippen molar-refractivity contribution in [2.45, 2.75) is 82.3 Å². The van der Waals surface area contributed by atoms with Gasteiger partial charge in [0.1, 0.15) is 23.8 Å². The summed E-state index contributed by atoms with van der Waals surface area (Å²) >= 11 is 0. The van der Waals surface area contributed by atoms with Crippen LogP contribution in [0.4, 0.5) is 0 Å². The number of aliphatic hydroxyl groups excluding tert-OH is 1. The maximum atomic E-state index is 14.3. The molecule has 1 aromatic heterocycles. The summed E-state index contributed by atoms with van der Waals surface area (Å²) in [5.74, 6) is -2.14. The molecule has 2 bridgehead atoms. The Balaban J connectivity index is 1.27. The second-order valence-electron chi connectivity index (χ2n) is 12.0. The zero-order valence-corrected chi connectivity index (χ0v) is 24.6. The van der Waals surface area contributed by atoms with Crippen LogP contribution in [0, 0.1) is 11.8 Å². The van der Waals surface area contributed by atoms with Gasteiger partial charge in [0, 0.05) is 19.7 Å². The summed E-state index contributed by atoms with van der Waals surface area (Å²) in [4.78, 5) is 43.9. The van der Waals surface area contributed by atoms with Gasteiger partial charge in [-0.15, -0.1) is 5.10 Å². The number of para-hydroxylation sites is 1. The van der Waals surface area contributed by atoms with Crippen molar-refractivity contribution in [2.75, 3.05) is 13.2 Å². The van der Waals surface area contributed by atoms with Crippen molar-refractivity contribution >= 4 is 28.8 Å². The van der Waals surface area contributed by atoms with E-state index in [9.17, 15) is 19.5 Å². The summed E-state index contributed by atoms with van der Waals surface area (Å²) in [6, 6.07) is 16.3. The predicted molar refractivity (Wildman–Crippen MR) is 158 cm³/mol. The minimum atomic E-state index is -1.08. The van der Waals surface area contributed by atoms with E-state index in [0.29, 0.717) is 45.2 Å². The summed E-state index contributed by atoms with van der Waals surface area (Å²) < 4.78 is 8.46. The van der Waals surface area contributed by atoms with E-state index in [1.165, 1.54) is 0 Å². The van der Waals surface area contributed by atoms with Gasteiger partial charge in [-0.1, -0.05) is 67.4 Å². The Kier molecular flexibility index (Phi) is 8.19. The third-order valence-corrected chi connectivity index (χ3v) is 9.65. The summed E-state index contributed by atoms with van der Waals surface area (Å²) in [6.45, 7) is 2.95. The highest BCUT2D eigenvalue weighted by Crippen LogP contribution is 2.64. The highest BCUT2D eigenvalue weighted by Gasteiger charge is 2.78. The van der Waals surface area contributed by atoms with Crippen molar-refractivity contribution < 1.29 is 24.2 Å². The third-order valence-electron chi connectivity index (χ3n) is 9.65. The second-order valence-corrected chi connectivity index (χ2v) is 12.0. The Morgan fingerprint density at radius 1 is 1.00 bits per heavy atom. The Morgan fingerprint density at radius 3 is 2.56 bits per heavy atom. The maximum absolute atomic E-state index is 14.3. The molecule has 5 atom stereocenters. The molecule has 3 aliphatic rings. The lowest BCUT2D eigenvalue weighted by Crippen LogP contribution is -2.55. The minimum Gasteiger partial charge on any atom is -0.396 e. The lowest BCUT2D eigenvalue weighted by Gasteiger charge is -2.34. The van der Waals surface area contributed by atoms with Crippen LogP contribution in [0.2, 0.25) is 0 Å². The molecule has 11 nitrogen and oxygen atoms in total. The summed E-state index contributed by atoms with van der Waals surface area (Å²) in [7, 11) is 0. The molecular weight excluding hydrogens is 548 g/mol. The molecule has 3 saturated heterocycles. The average molecular weight is 589 g/mol. The number of aromatic nitrogens is 3. The number of benzene rings is 2. The van der Waals surface area contributed by atoms with E-state index in [2.05, 4.69) is 20.9 Å². The van der Waals surface area contributed by atoms with Crippen LogP contribution in [0.5, 0.6) is 0 Å². The van der Waals surface area contributed by atoms with E-state index in [1.807, 2.05) is 61.5 Å². The lowest BCUT2D eigenvalue weighted by atomic mass is 9.65. The average Bonchev–Trinajstić information content (AvgIpc) is 3.76. The van der Waals surface area contributed by atoms with Crippen molar-refractivity contribution in [1.82, 2.24) is 30.5 Å². The number of nitrogens with one attached hydrogen (secondary N) is 2. The van der Waals surface area contributed by atoms with Crippen molar-refractivity contribution in [3.63, 3.8) is 0 Å². The molecule has 228 valence electrons. The Labute approximate surface area is 250 Å². The molecule has 11 heteroatoms. The Bertz CT molecular complexity index is 1480. The first-order valence-corrected chi connectivity index (χ1v) is 15.4. The maximum Gasteiger partial charge on any atom is 0.247 e. The fourth-order valence-corrected chi connectivity index (χ4v) is 7.58. The fraction of sp³-hybridized carbons (Fsp3) is 0.531. The Hall–Kier alpha value is -3.83. The van der Waals surface area contributed by atoms with E-state index in [4.69, 9.17) is 4.74 Å². The minimum absolute atomic E-state index is 0.0923. The van der Waals surface area contributed by atoms with Gasteiger partial charge in [-0.2, -0.15) is 0 Å². The van der Waals surface area contributed by atoms with Crippen LogP contribution in [0.3, 0.4) is 0 Å². The van der Waals surface area contributed by atoms with Crippen LogP contribution in [0.1, 0.15) is 57.4 Å². The molecule has 0 saturated carbocycles. The molecular formula is C32H40N6O5. The zero-order chi connectivity index (χ0) is 30.0. The SMILES string of the molecule is CC[C@@]12CCC3(O1)C(C(=O)NCn1nnc4ccccc41)N(CCCCCCO)C(=O)[C@@H]3[C@@H]2C(=O)NCc1ccccc1. The lowest BCUT2D eigenvalue weighted by molar-refractivity contribution is -0.148. The number of rotatable bonds is 13. The number of fused-ring (bicyclic) bond motifs is 2. The van der Waals surface area contributed by atoms with E-state index in [-0.39, 0.29) is 31.0 Å². The number of unbranched alkanes of at least 4 members (excludes halogenated alkanes) is 3. The number of likely N-dealkylation sites (tertiary alicyclic amines) is 1. The van der Waals surface area contributed by atoms with Gasteiger partial charge in [-0.3, -0.25) is 14.4 Å². The number of carbonyl (C=O) groups excluding carboxylic acids is 3. The number of amides is 3. The molecule has 1 spiro atoms. The molecule has 3 fully saturated rings. The van der Waals surface area contributed by atoms with Gasteiger partial charge in [0.05, 0.1) is 23.0 Å². The number of nitrogens with zero attached hydrogens (tertiary/aromatic N) is 4. The molecule has 3 amide bonds. The predicted octanol–water partition coefficient (Wildman–Crippen LogP) is 2.53. The molecule has 3 N–H and O–H groups in total. The van der Waals surface area contributed by atoms with E-state index < -0.39 is 29.1 Å². The van der Waals surface area contributed by atoms with E-state index in [0.717, 1.165) is 29.4 Å². The molecule has 6 rings (SSSR count). The van der Waals surface area contributed by atoms with Gasteiger partial charge < -0.3 is 25.4 Å². The third kappa shape index (κ3) is 5.08. The monoisotopic (exact) mass is 588 g/mol. The molecule has 3 aromatic rings. The number of aliphatic hydroxyl groups is 1. The second kappa shape index (κ2) is 12.0. The summed E-state index contributed by atoms with van der Waals surface area (Å²) in [6.07, 6.45) is 4.76. The normalized spacial score (nSPS) is 27.5. The van der Waals surface area contributed by atoms with Gasteiger partial charge in [-0.05, 0) is 49.8 Å². The number of hydrogen-bond acceptors (Lipinski definition) is 7. The quantitative estimate of drug-likeness (QED) is 0.261. The van der Waals surface area contributed by atoms with E-state index >= 15 is 0 Å². The molecule has 0 aliphatic carbocycles. The molecule has 0 radical (unpaired) electrons. The molecule has 3 aliphatic heterocycles. The smallest absolute Gasteiger partial charge is 0.247 e. The van der Waals surface area contributed by atoms with E-state index in [1.54, 1.807) is 9.58 Å². The van der Waals surface area contributed by atoms with Gasteiger partial charge >= 0.3 is 0 Å². The largest absolute Gasteiger partial charge is 0.396 e. The highest BCUT2D eigenvalue weighted by molar-refractivity contribution is 5.99. The van der Waals surface area contributed by atoms with Crippen molar-refractivity contribution in [1.29, 1.82) is 0 Å². The number of hydrogen-bond donors (Lipinski definition) is 3. The highest BCUT2D eigenvalue weighted by atomic mass is 16.5. The van der Waals surface area contributed by atoms with Crippen LogP contribution in [0.15, 0.2) is 54.6 Å². The molecule has 2 aromatic carbocycles. The topological polar surface area (TPSA) is 139 Å². The van der Waals surface area contributed by atoms with Gasteiger partial charge in [-0.25, -0.2) is 4.68 Å². The number of carbonyl (C=O) groups is 3. The van der Waals surface area contributed by atoms with Crippen LogP contribution < -0.4 is 10.6 Å². The first kappa shape index (κ1) is 29.3. The van der Waals surface area contributed by atoms with Crippen molar-refractivity contribution in [3.05, 3.63) is 60.2 Å². The molecule has 43 heavy (non-hydrogen) atoms. The molecule has 2 unspecified atom stereocenters. The van der Waals surface area contributed by atoms with Crippen LogP contribution in [-0.4, -0.2) is 73.1 Å². The van der Waals surface area contributed by atoms with Crippen LogP contribution in [-0.2, 0) is 32.3 Å². The van der Waals surface area contributed by atoms with Gasteiger partial charge in [0.2, 0.25) is 17.7 Å². The van der Waals surface area contributed by atoms with Crippen molar-refractivity contribution in [2.24, 2.45) is 11.8 Å². The Morgan fingerprint density at radius 2 is 1.77 bits per heavy atom. The van der Waals surface area contributed by atoms with Gasteiger partial charge in [0.25, 0.3) is 0 Å². The first-order valence-electron chi connectivity index (χ1n) is 15.4. The fourth-order valence-electron chi connectivity index (χ4n) is 7.58. The zero-order valence-electron chi connectivity index (χ0n) is 24.6. The molecule has 4 heterocycles. The van der Waals surface area contributed by atoms with Crippen molar-refractivity contribution in [3.8, 4) is 0 Å². The number of ether oxygens (including phenoxy) is 1. The standard InChI is InChI=1S/C32H40N6O5/c1-2-31-16-17-32(43-31)26(25(31)28(40)33-20-22-12-6-5-7-13-22)30(42)37(18-10-3-4-11-19-39)27(32)29(41)34-21-38-24-15-9-8-14-23(24)35-36-38/h5-9,12-15,25-27,39H,2-4,10-11,16-21H2,1H3,(H,33,40)(H,34,41)/t25-,26+,27?,31+,32?/m1/s1. The van der Waals surface area contributed by atoms with Gasteiger partial charge in [0.15, 0.2) is 0 Å².